The molecule has 5 aliphatic carbocycles. The van der Waals surface area contributed by atoms with Crippen molar-refractivity contribution in [2.75, 3.05) is 0 Å². The maximum Gasteiger partial charge on any atom is 0.309 e. The van der Waals surface area contributed by atoms with Crippen LogP contribution < -0.4 is 0 Å². The van der Waals surface area contributed by atoms with Crippen molar-refractivity contribution in [3.8, 4) is 0 Å². The monoisotopic (exact) mass is 424 g/mol. The van der Waals surface area contributed by atoms with Crippen molar-refractivity contribution >= 4 is 11.8 Å². The van der Waals surface area contributed by atoms with Gasteiger partial charge in [0.2, 0.25) is 0 Å². The first kappa shape index (κ1) is 21.5. The predicted molar refractivity (Wildman–Crippen MR) is 122 cm³/mol. The van der Waals surface area contributed by atoms with Gasteiger partial charge in [0.25, 0.3) is 0 Å². The highest BCUT2D eigenvalue weighted by atomic mass is 16.4. The van der Waals surface area contributed by atoms with Crippen LogP contribution in [-0.4, -0.2) is 16.9 Å². The molecule has 5 aliphatic rings. The molecule has 0 aromatic heterocycles. The molecule has 170 valence electrons. The maximum absolute atomic E-state index is 13.9. The fraction of sp³-hybridized carbons (Fsp3) is 0.786. The van der Waals surface area contributed by atoms with Gasteiger partial charge in [-0.25, -0.2) is 0 Å². The summed E-state index contributed by atoms with van der Waals surface area (Å²) in [5.74, 6) is -0.0714. The molecule has 0 radical (unpaired) electrons. The molecule has 0 aliphatic heterocycles. The van der Waals surface area contributed by atoms with Crippen LogP contribution in [0.2, 0.25) is 0 Å². The Kier molecular flexibility index (Phi) is 4.25. The van der Waals surface area contributed by atoms with Crippen molar-refractivity contribution < 1.29 is 14.7 Å². The molecule has 1 N–H and O–H groups in total. The number of aliphatic carboxylic acids is 1. The number of allylic oxidation sites excluding steroid dienone is 4. The molecule has 3 saturated carbocycles. The van der Waals surface area contributed by atoms with Gasteiger partial charge in [0.1, 0.15) is 0 Å². The van der Waals surface area contributed by atoms with Gasteiger partial charge in [-0.15, -0.1) is 0 Å². The molecule has 0 aromatic carbocycles. The SMILES string of the molecule is CC1=C2CC[C@]3(C)[C@@H](C(=O)C=C4[C@@H]5C[C@@](C)(C(=O)O)CC[C@]5(C)CC[C@]43C)[C@@]2(C)CC1. The van der Waals surface area contributed by atoms with E-state index in [1.165, 1.54) is 11.1 Å². The Morgan fingerprint density at radius 1 is 0.968 bits per heavy atom. The van der Waals surface area contributed by atoms with E-state index in [4.69, 9.17) is 0 Å². The fourth-order valence-electron chi connectivity index (χ4n) is 9.20. The van der Waals surface area contributed by atoms with E-state index in [2.05, 4.69) is 34.6 Å². The number of carbonyl (C=O) groups excluding carboxylic acids is 1. The molecule has 0 heterocycles. The van der Waals surface area contributed by atoms with Crippen LogP contribution in [0.4, 0.5) is 0 Å². The van der Waals surface area contributed by atoms with E-state index in [9.17, 15) is 14.7 Å². The van der Waals surface area contributed by atoms with Crippen molar-refractivity contribution in [3.05, 3.63) is 22.8 Å². The number of hydrogen-bond donors (Lipinski definition) is 1. The molecule has 0 spiro atoms. The summed E-state index contributed by atoms with van der Waals surface area (Å²) in [4.78, 5) is 26.1. The summed E-state index contributed by atoms with van der Waals surface area (Å²) in [6.45, 7) is 13.8. The summed E-state index contributed by atoms with van der Waals surface area (Å²) in [7, 11) is 0. The molecule has 0 aromatic rings. The van der Waals surface area contributed by atoms with Crippen molar-refractivity contribution in [2.24, 2.45) is 38.9 Å². The van der Waals surface area contributed by atoms with E-state index in [0.29, 0.717) is 12.2 Å². The number of carboxylic acids is 1. The molecular formula is C28H40O3. The molecule has 5 rings (SSSR count). The molecule has 31 heavy (non-hydrogen) atoms. The predicted octanol–water partition coefficient (Wildman–Crippen LogP) is 6.73. The molecule has 3 nitrogen and oxygen atoms in total. The maximum atomic E-state index is 13.9. The normalized spacial score (nSPS) is 51.4. The van der Waals surface area contributed by atoms with E-state index < -0.39 is 11.4 Å². The second-order valence-corrected chi connectivity index (χ2v) is 13.1. The van der Waals surface area contributed by atoms with Gasteiger partial charge < -0.3 is 5.11 Å². The Morgan fingerprint density at radius 3 is 2.32 bits per heavy atom. The summed E-state index contributed by atoms with van der Waals surface area (Å²) in [6.07, 6.45) is 11.2. The van der Waals surface area contributed by atoms with Crippen molar-refractivity contribution in [2.45, 2.75) is 99.3 Å². The zero-order valence-corrected chi connectivity index (χ0v) is 20.4. The van der Waals surface area contributed by atoms with Crippen LogP contribution in [0.1, 0.15) is 99.3 Å². The Bertz CT molecular complexity index is 942. The summed E-state index contributed by atoms with van der Waals surface area (Å²) in [5.41, 5.74) is 3.79. The van der Waals surface area contributed by atoms with Gasteiger partial charge in [-0.1, -0.05) is 44.4 Å². The van der Waals surface area contributed by atoms with Crippen LogP contribution in [-0.2, 0) is 9.59 Å². The molecule has 0 saturated heterocycles. The van der Waals surface area contributed by atoms with E-state index in [1.807, 2.05) is 13.0 Å². The molecule has 7 atom stereocenters. The van der Waals surface area contributed by atoms with Gasteiger partial charge >= 0.3 is 5.97 Å². The summed E-state index contributed by atoms with van der Waals surface area (Å²) < 4.78 is 0. The minimum atomic E-state index is -0.679. The number of ketones is 1. The summed E-state index contributed by atoms with van der Waals surface area (Å²) in [6, 6.07) is 0. The zero-order chi connectivity index (χ0) is 22.6. The third-order valence-electron chi connectivity index (χ3n) is 11.7. The van der Waals surface area contributed by atoms with E-state index in [1.54, 1.807) is 5.57 Å². The van der Waals surface area contributed by atoms with Gasteiger partial charge in [0, 0.05) is 5.92 Å². The van der Waals surface area contributed by atoms with Crippen molar-refractivity contribution in [1.82, 2.24) is 0 Å². The number of rotatable bonds is 1. The highest BCUT2D eigenvalue weighted by Gasteiger charge is 2.67. The highest BCUT2D eigenvalue weighted by Crippen LogP contribution is 2.74. The minimum absolute atomic E-state index is 0.00208. The van der Waals surface area contributed by atoms with Gasteiger partial charge in [-0.05, 0) is 105 Å². The van der Waals surface area contributed by atoms with Crippen LogP contribution in [0.25, 0.3) is 0 Å². The lowest BCUT2D eigenvalue weighted by molar-refractivity contribution is -0.158. The third kappa shape index (κ3) is 2.47. The fourth-order valence-corrected chi connectivity index (χ4v) is 9.20. The van der Waals surface area contributed by atoms with Crippen LogP contribution in [0.5, 0.6) is 0 Å². The second kappa shape index (κ2) is 6.14. The highest BCUT2D eigenvalue weighted by molar-refractivity contribution is 5.96. The molecule has 0 bridgehead atoms. The Hall–Kier alpha value is -1.38. The van der Waals surface area contributed by atoms with E-state index in [-0.39, 0.29) is 33.5 Å². The van der Waals surface area contributed by atoms with Crippen molar-refractivity contribution in [3.63, 3.8) is 0 Å². The average Bonchev–Trinajstić information content (AvgIpc) is 2.99. The van der Waals surface area contributed by atoms with Crippen LogP contribution in [0.15, 0.2) is 22.8 Å². The summed E-state index contributed by atoms with van der Waals surface area (Å²) >= 11 is 0. The van der Waals surface area contributed by atoms with Crippen LogP contribution >= 0.6 is 0 Å². The van der Waals surface area contributed by atoms with Crippen LogP contribution in [0.3, 0.4) is 0 Å². The van der Waals surface area contributed by atoms with Gasteiger partial charge in [-0.3, -0.25) is 9.59 Å². The number of carbonyl (C=O) groups is 2. The summed E-state index contributed by atoms with van der Waals surface area (Å²) in [5, 5.41) is 9.99. The van der Waals surface area contributed by atoms with Gasteiger partial charge in [0.15, 0.2) is 5.78 Å². The first-order valence-corrected chi connectivity index (χ1v) is 12.5. The smallest absolute Gasteiger partial charge is 0.309 e. The Labute approximate surface area is 187 Å². The quantitative estimate of drug-likeness (QED) is 0.475. The largest absolute Gasteiger partial charge is 0.481 e. The van der Waals surface area contributed by atoms with E-state index >= 15 is 0 Å². The second-order valence-electron chi connectivity index (χ2n) is 13.1. The van der Waals surface area contributed by atoms with E-state index in [0.717, 1.165) is 51.4 Å². The van der Waals surface area contributed by atoms with Crippen molar-refractivity contribution in [1.29, 1.82) is 0 Å². The lowest BCUT2D eigenvalue weighted by Gasteiger charge is -2.67. The number of carboxylic acid groups (broad SMARTS) is 1. The molecule has 3 fully saturated rings. The lowest BCUT2D eigenvalue weighted by Crippen LogP contribution is -2.62. The average molecular weight is 425 g/mol. The number of hydrogen-bond acceptors (Lipinski definition) is 2. The van der Waals surface area contributed by atoms with Crippen LogP contribution in [0, 0.1) is 38.9 Å². The van der Waals surface area contributed by atoms with Gasteiger partial charge in [-0.2, -0.15) is 0 Å². The lowest BCUT2D eigenvalue weighted by atomic mass is 9.36. The Balaban J connectivity index is 1.64. The first-order chi connectivity index (χ1) is 14.3. The number of fused-ring (bicyclic) bond motifs is 7. The minimum Gasteiger partial charge on any atom is -0.481 e. The molecule has 3 heteroatoms. The standard InChI is InChI=1S/C28H40O3/c1-17-7-9-26(4)18(17)8-10-28(6)22(26)21(29)15-19-20-16-25(3,23(30)31)12-11-24(20,2)13-14-27(19,28)5/h15,20,22H,7-14,16H2,1-6H3,(H,30,31)/t20-,22-,24+,25-,26-,27+,28+/m0/s1. The molecular weight excluding hydrogens is 384 g/mol. The topological polar surface area (TPSA) is 54.4 Å². The Morgan fingerprint density at radius 2 is 1.65 bits per heavy atom. The zero-order valence-electron chi connectivity index (χ0n) is 20.4. The molecule has 0 amide bonds. The first-order valence-electron chi connectivity index (χ1n) is 12.5. The third-order valence-corrected chi connectivity index (χ3v) is 11.7. The molecule has 0 unspecified atom stereocenters. The van der Waals surface area contributed by atoms with Gasteiger partial charge in [0.05, 0.1) is 5.41 Å².